The Morgan fingerprint density at radius 2 is 1.96 bits per heavy atom. The minimum Gasteiger partial charge on any atom is -0.335 e. The van der Waals surface area contributed by atoms with Crippen molar-refractivity contribution in [2.45, 2.75) is 78.3 Å². The molecule has 2 fully saturated rings. The minimum absolute atomic E-state index is 0.213. The van der Waals surface area contributed by atoms with Crippen molar-refractivity contribution in [2.24, 2.45) is 11.8 Å². The molecule has 1 amide bonds. The zero-order valence-corrected chi connectivity index (χ0v) is 14.9. The van der Waals surface area contributed by atoms with E-state index in [4.69, 9.17) is 0 Å². The first kappa shape index (κ1) is 16.5. The van der Waals surface area contributed by atoms with E-state index in [-0.39, 0.29) is 5.91 Å². The lowest BCUT2D eigenvalue weighted by atomic mass is 9.83. The molecule has 3 rings (SSSR count). The number of carbonyl (C=O) groups excluding carboxylic acids is 1. The lowest BCUT2D eigenvalue weighted by Gasteiger charge is -2.34. The summed E-state index contributed by atoms with van der Waals surface area (Å²) in [5.74, 6) is 1.48. The van der Waals surface area contributed by atoms with Crippen LogP contribution in [0.2, 0.25) is 0 Å². The van der Waals surface area contributed by atoms with Gasteiger partial charge in [-0.2, -0.15) is 5.10 Å². The van der Waals surface area contributed by atoms with Gasteiger partial charge in [0.1, 0.15) is 0 Å². The highest BCUT2D eigenvalue weighted by atomic mass is 16.2. The Morgan fingerprint density at radius 1 is 1.22 bits per heavy atom. The Kier molecular flexibility index (Phi) is 5.08. The fraction of sp³-hybridized carbons (Fsp3) is 0.789. The summed E-state index contributed by atoms with van der Waals surface area (Å²) in [5.41, 5.74) is 1.84. The van der Waals surface area contributed by atoms with E-state index in [1.165, 1.54) is 38.5 Å². The third kappa shape index (κ3) is 3.46. The molecule has 2 aliphatic rings. The molecule has 1 saturated heterocycles. The van der Waals surface area contributed by atoms with Crippen molar-refractivity contribution in [3.8, 4) is 0 Å². The molecule has 1 saturated carbocycles. The molecule has 1 aliphatic heterocycles. The van der Waals surface area contributed by atoms with Crippen molar-refractivity contribution >= 4 is 5.91 Å². The molecule has 0 bridgehead atoms. The Labute approximate surface area is 140 Å². The maximum absolute atomic E-state index is 13.1. The summed E-state index contributed by atoms with van der Waals surface area (Å²) in [6.07, 6.45) is 10.8. The first-order chi connectivity index (χ1) is 11.1. The van der Waals surface area contributed by atoms with Crippen molar-refractivity contribution < 1.29 is 4.79 Å². The predicted molar refractivity (Wildman–Crippen MR) is 92.4 cm³/mol. The number of likely N-dealkylation sites (tertiary alicyclic amines) is 1. The standard InChI is InChI=1S/C19H31N3O/c1-14(2)13-22-15(3)17(12-20-22)19(23)21-11-7-10-18(21)16-8-5-4-6-9-16/h12,14,16,18H,4-11,13H2,1-3H3. The van der Waals surface area contributed by atoms with Gasteiger partial charge < -0.3 is 4.90 Å². The van der Waals surface area contributed by atoms with Crippen molar-refractivity contribution in [1.82, 2.24) is 14.7 Å². The van der Waals surface area contributed by atoms with E-state index in [0.717, 1.165) is 36.7 Å². The maximum atomic E-state index is 13.1. The van der Waals surface area contributed by atoms with E-state index in [0.29, 0.717) is 12.0 Å². The molecule has 0 spiro atoms. The molecule has 4 heteroatoms. The normalized spacial score (nSPS) is 23.0. The van der Waals surface area contributed by atoms with Gasteiger partial charge in [-0.25, -0.2) is 0 Å². The van der Waals surface area contributed by atoms with Gasteiger partial charge in [0, 0.05) is 24.8 Å². The Morgan fingerprint density at radius 3 is 2.65 bits per heavy atom. The average Bonchev–Trinajstić information content (AvgIpc) is 3.15. The van der Waals surface area contributed by atoms with Crippen molar-refractivity contribution in [2.75, 3.05) is 6.54 Å². The molecule has 1 aromatic rings. The van der Waals surface area contributed by atoms with Crippen LogP contribution in [0, 0.1) is 18.8 Å². The molecule has 23 heavy (non-hydrogen) atoms. The van der Waals surface area contributed by atoms with Gasteiger partial charge in [-0.05, 0) is 44.4 Å². The molecule has 128 valence electrons. The summed E-state index contributed by atoms with van der Waals surface area (Å²) in [6.45, 7) is 8.21. The second kappa shape index (κ2) is 7.06. The molecule has 1 unspecified atom stereocenters. The van der Waals surface area contributed by atoms with Crippen LogP contribution >= 0.6 is 0 Å². The monoisotopic (exact) mass is 317 g/mol. The van der Waals surface area contributed by atoms with E-state index in [2.05, 4.69) is 23.8 Å². The van der Waals surface area contributed by atoms with Gasteiger partial charge in [-0.15, -0.1) is 0 Å². The third-order valence-electron chi connectivity index (χ3n) is 5.63. The third-order valence-corrected chi connectivity index (χ3v) is 5.63. The number of hydrogen-bond acceptors (Lipinski definition) is 2. The van der Waals surface area contributed by atoms with Gasteiger partial charge >= 0.3 is 0 Å². The smallest absolute Gasteiger partial charge is 0.257 e. The molecule has 1 aromatic heterocycles. The lowest BCUT2D eigenvalue weighted by Crippen LogP contribution is -2.41. The van der Waals surface area contributed by atoms with E-state index < -0.39 is 0 Å². The highest BCUT2D eigenvalue weighted by Crippen LogP contribution is 2.35. The van der Waals surface area contributed by atoms with Gasteiger partial charge in [0.05, 0.1) is 11.8 Å². The Balaban J connectivity index is 1.75. The van der Waals surface area contributed by atoms with E-state index in [1.807, 2.05) is 11.6 Å². The summed E-state index contributed by atoms with van der Waals surface area (Å²) >= 11 is 0. The first-order valence-electron chi connectivity index (χ1n) is 9.41. The number of carbonyl (C=O) groups is 1. The van der Waals surface area contributed by atoms with Crippen LogP contribution in [0.25, 0.3) is 0 Å². The van der Waals surface area contributed by atoms with Gasteiger partial charge in [-0.3, -0.25) is 9.48 Å². The SMILES string of the molecule is Cc1c(C(=O)N2CCCC2C2CCCCC2)cnn1CC(C)C. The van der Waals surface area contributed by atoms with Gasteiger partial charge in [0.25, 0.3) is 5.91 Å². The highest BCUT2D eigenvalue weighted by molar-refractivity contribution is 5.95. The summed E-state index contributed by atoms with van der Waals surface area (Å²) < 4.78 is 1.99. The summed E-state index contributed by atoms with van der Waals surface area (Å²) in [7, 11) is 0. The fourth-order valence-electron chi connectivity index (χ4n) is 4.39. The number of aromatic nitrogens is 2. The first-order valence-corrected chi connectivity index (χ1v) is 9.41. The quantitative estimate of drug-likeness (QED) is 0.841. The summed E-state index contributed by atoms with van der Waals surface area (Å²) in [6, 6.07) is 0.468. The van der Waals surface area contributed by atoms with Crippen LogP contribution in [0.1, 0.15) is 74.8 Å². The number of amides is 1. The molecule has 1 atom stereocenters. The second-order valence-corrected chi connectivity index (χ2v) is 7.83. The van der Waals surface area contributed by atoms with Gasteiger partial charge in [0.2, 0.25) is 0 Å². The molecular weight excluding hydrogens is 286 g/mol. The molecule has 0 aromatic carbocycles. The largest absolute Gasteiger partial charge is 0.335 e. The molecular formula is C19H31N3O. The van der Waals surface area contributed by atoms with Gasteiger partial charge in [0.15, 0.2) is 0 Å². The molecule has 1 aliphatic carbocycles. The predicted octanol–water partition coefficient (Wildman–Crippen LogP) is 4.03. The highest BCUT2D eigenvalue weighted by Gasteiger charge is 2.36. The second-order valence-electron chi connectivity index (χ2n) is 7.83. The summed E-state index contributed by atoms with van der Waals surface area (Å²) in [5, 5.41) is 4.46. The van der Waals surface area contributed by atoms with E-state index >= 15 is 0 Å². The topological polar surface area (TPSA) is 38.1 Å². The maximum Gasteiger partial charge on any atom is 0.257 e. The van der Waals surface area contributed by atoms with Gasteiger partial charge in [-0.1, -0.05) is 33.1 Å². The van der Waals surface area contributed by atoms with Crippen LogP contribution in [0.4, 0.5) is 0 Å². The van der Waals surface area contributed by atoms with E-state index in [1.54, 1.807) is 6.20 Å². The lowest BCUT2D eigenvalue weighted by molar-refractivity contribution is 0.0660. The van der Waals surface area contributed by atoms with Crippen LogP contribution in [0.5, 0.6) is 0 Å². The van der Waals surface area contributed by atoms with Crippen molar-refractivity contribution in [3.05, 3.63) is 17.5 Å². The zero-order chi connectivity index (χ0) is 16.4. The summed E-state index contributed by atoms with van der Waals surface area (Å²) in [4.78, 5) is 15.3. The van der Waals surface area contributed by atoms with Crippen molar-refractivity contribution in [1.29, 1.82) is 0 Å². The Hall–Kier alpha value is -1.32. The molecule has 4 nitrogen and oxygen atoms in total. The van der Waals surface area contributed by atoms with Crippen LogP contribution in [0.15, 0.2) is 6.20 Å². The molecule has 0 radical (unpaired) electrons. The van der Waals surface area contributed by atoms with Crippen LogP contribution in [-0.2, 0) is 6.54 Å². The number of hydrogen-bond donors (Lipinski definition) is 0. The number of nitrogens with zero attached hydrogens (tertiary/aromatic N) is 3. The molecule has 2 heterocycles. The van der Waals surface area contributed by atoms with Crippen LogP contribution in [-0.4, -0.2) is 33.2 Å². The Bertz CT molecular complexity index is 543. The minimum atomic E-state index is 0.213. The van der Waals surface area contributed by atoms with E-state index in [9.17, 15) is 4.79 Å². The van der Waals surface area contributed by atoms with Crippen LogP contribution < -0.4 is 0 Å². The zero-order valence-electron chi connectivity index (χ0n) is 14.9. The fourth-order valence-corrected chi connectivity index (χ4v) is 4.39. The molecule has 0 N–H and O–H groups in total. The number of rotatable bonds is 4. The van der Waals surface area contributed by atoms with Crippen molar-refractivity contribution in [3.63, 3.8) is 0 Å². The van der Waals surface area contributed by atoms with Crippen LogP contribution in [0.3, 0.4) is 0 Å². The average molecular weight is 317 g/mol.